The minimum atomic E-state index is -0.474. The van der Waals surface area contributed by atoms with E-state index in [2.05, 4.69) is 14.9 Å². The molecule has 0 aliphatic heterocycles. The van der Waals surface area contributed by atoms with E-state index in [0.717, 1.165) is 13.0 Å². The lowest BCUT2D eigenvalue weighted by molar-refractivity contribution is 0.403. The van der Waals surface area contributed by atoms with E-state index in [-0.39, 0.29) is 16.2 Å². The standard InChI is InChI=1S/C17H22N4O3S/c1-20(2)9-5-8-18-11-14-15(22)19-17(25)21(16(14)23)12-6-4-7-13(10-12)24-3/h4,6-7,10-11,23H,5,8-9H2,1-3H3,(H,19,22,25). The van der Waals surface area contributed by atoms with Gasteiger partial charge in [-0.15, -0.1) is 0 Å². The van der Waals surface area contributed by atoms with E-state index in [1.54, 1.807) is 31.4 Å². The molecule has 0 aliphatic rings. The second-order valence-electron chi connectivity index (χ2n) is 5.73. The van der Waals surface area contributed by atoms with E-state index in [0.29, 0.717) is 18.0 Å². The highest BCUT2D eigenvalue weighted by Gasteiger charge is 2.12. The van der Waals surface area contributed by atoms with E-state index in [4.69, 9.17) is 17.0 Å². The van der Waals surface area contributed by atoms with Crippen LogP contribution >= 0.6 is 12.2 Å². The summed E-state index contributed by atoms with van der Waals surface area (Å²) in [6, 6.07) is 7.03. The zero-order valence-electron chi connectivity index (χ0n) is 14.5. The maximum absolute atomic E-state index is 12.1. The third-order valence-electron chi connectivity index (χ3n) is 3.55. The van der Waals surface area contributed by atoms with E-state index in [1.807, 2.05) is 14.1 Å². The van der Waals surface area contributed by atoms with Crippen LogP contribution in [0.5, 0.6) is 11.6 Å². The van der Waals surface area contributed by atoms with Gasteiger partial charge in [0.2, 0.25) is 5.88 Å². The quantitative estimate of drug-likeness (QED) is 0.447. The molecule has 8 heteroatoms. The summed E-state index contributed by atoms with van der Waals surface area (Å²) in [7, 11) is 5.52. The van der Waals surface area contributed by atoms with Gasteiger partial charge in [0.1, 0.15) is 11.3 Å². The number of H-pyrrole nitrogens is 1. The summed E-state index contributed by atoms with van der Waals surface area (Å²) in [6.45, 7) is 1.46. The second kappa shape index (κ2) is 8.59. The van der Waals surface area contributed by atoms with Crippen LogP contribution in [0, 0.1) is 4.77 Å². The van der Waals surface area contributed by atoms with Gasteiger partial charge in [-0.1, -0.05) is 6.07 Å². The van der Waals surface area contributed by atoms with Crippen molar-refractivity contribution in [2.24, 2.45) is 4.99 Å². The van der Waals surface area contributed by atoms with Crippen molar-refractivity contribution in [2.75, 3.05) is 34.3 Å². The first-order valence-electron chi connectivity index (χ1n) is 7.81. The monoisotopic (exact) mass is 362 g/mol. The molecule has 25 heavy (non-hydrogen) atoms. The molecule has 2 N–H and O–H groups in total. The molecule has 0 radical (unpaired) electrons. The highest BCUT2D eigenvalue weighted by molar-refractivity contribution is 7.71. The molecule has 1 aromatic carbocycles. The number of aromatic hydroxyl groups is 1. The molecule has 0 atom stereocenters. The van der Waals surface area contributed by atoms with Crippen LogP contribution < -0.4 is 10.3 Å². The molecule has 1 heterocycles. The van der Waals surface area contributed by atoms with E-state index in [1.165, 1.54) is 10.8 Å². The molecule has 2 rings (SSSR count). The molecule has 0 fully saturated rings. The third-order valence-corrected chi connectivity index (χ3v) is 3.83. The molecule has 134 valence electrons. The Bertz CT molecular complexity index is 871. The van der Waals surface area contributed by atoms with Crippen molar-refractivity contribution in [3.63, 3.8) is 0 Å². The Morgan fingerprint density at radius 1 is 1.44 bits per heavy atom. The molecule has 7 nitrogen and oxygen atoms in total. The van der Waals surface area contributed by atoms with Crippen molar-refractivity contribution in [3.05, 3.63) is 45.0 Å². The number of ether oxygens (including phenoxy) is 1. The number of hydrogen-bond donors (Lipinski definition) is 2. The summed E-state index contributed by atoms with van der Waals surface area (Å²) in [6.07, 6.45) is 2.24. The van der Waals surface area contributed by atoms with Gasteiger partial charge >= 0.3 is 0 Å². The van der Waals surface area contributed by atoms with Crippen LogP contribution in [0.25, 0.3) is 5.69 Å². The maximum Gasteiger partial charge on any atom is 0.264 e. The molecule has 2 aromatic rings. The number of nitrogens with zero attached hydrogens (tertiary/aromatic N) is 3. The molecule has 0 saturated carbocycles. The number of benzene rings is 1. The average Bonchev–Trinajstić information content (AvgIpc) is 2.57. The SMILES string of the molecule is COc1cccc(-n2c(O)c(C=NCCCN(C)C)c(=O)[nH]c2=S)c1. The topological polar surface area (TPSA) is 82.8 Å². The molecular formula is C17H22N4O3S. The lowest BCUT2D eigenvalue weighted by Gasteiger charge is -2.12. The van der Waals surface area contributed by atoms with Crippen LogP contribution in [-0.4, -0.2) is 60.1 Å². The fourth-order valence-electron chi connectivity index (χ4n) is 2.28. The van der Waals surface area contributed by atoms with Crippen molar-refractivity contribution in [1.82, 2.24) is 14.5 Å². The predicted octanol–water partition coefficient (Wildman–Crippen LogP) is 1.98. The Morgan fingerprint density at radius 2 is 2.20 bits per heavy atom. The summed E-state index contributed by atoms with van der Waals surface area (Å²) >= 11 is 5.19. The van der Waals surface area contributed by atoms with Crippen LogP contribution in [0.2, 0.25) is 0 Å². The lowest BCUT2D eigenvalue weighted by Crippen LogP contribution is -2.18. The van der Waals surface area contributed by atoms with Gasteiger partial charge in [-0.2, -0.15) is 0 Å². The Balaban J connectivity index is 2.38. The smallest absolute Gasteiger partial charge is 0.264 e. The maximum atomic E-state index is 12.1. The molecule has 0 unspecified atom stereocenters. The molecule has 0 saturated heterocycles. The Hall–Kier alpha value is -2.45. The molecule has 1 aromatic heterocycles. The fourth-order valence-corrected chi connectivity index (χ4v) is 2.56. The van der Waals surface area contributed by atoms with Crippen molar-refractivity contribution in [1.29, 1.82) is 0 Å². The first-order chi connectivity index (χ1) is 11.9. The zero-order chi connectivity index (χ0) is 18.4. The number of aromatic nitrogens is 2. The van der Waals surface area contributed by atoms with Gasteiger partial charge in [0, 0.05) is 18.8 Å². The van der Waals surface area contributed by atoms with Crippen LogP contribution in [0.4, 0.5) is 0 Å². The average molecular weight is 362 g/mol. The molecule has 0 amide bonds. The van der Waals surface area contributed by atoms with Crippen LogP contribution in [0.3, 0.4) is 0 Å². The molecule has 0 spiro atoms. The number of rotatable bonds is 7. The minimum Gasteiger partial charge on any atom is -0.497 e. The molecule has 0 bridgehead atoms. The highest BCUT2D eigenvalue weighted by atomic mass is 32.1. The Labute approximate surface area is 151 Å². The minimum absolute atomic E-state index is 0.0706. The Morgan fingerprint density at radius 3 is 2.88 bits per heavy atom. The van der Waals surface area contributed by atoms with E-state index in [9.17, 15) is 9.90 Å². The number of hydrogen-bond acceptors (Lipinski definition) is 6. The van der Waals surface area contributed by atoms with Gasteiger partial charge in [-0.3, -0.25) is 19.3 Å². The van der Waals surface area contributed by atoms with Crippen molar-refractivity contribution < 1.29 is 9.84 Å². The van der Waals surface area contributed by atoms with Crippen LogP contribution in [-0.2, 0) is 0 Å². The van der Waals surface area contributed by atoms with Gasteiger partial charge < -0.3 is 14.7 Å². The molecular weight excluding hydrogens is 340 g/mol. The zero-order valence-corrected chi connectivity index (χ0v) is 15.3. The number of aliphatic imine (C=N–C) groups is 1. The van der Waals surface area contributed by atoms with Crippen molar-refractivity contribution in [2.45, 2.75) is 6.42 Å². The Kier molecular flexibility index (Phi) is 6.49. The normalized spacial score (nSPS) is 11.4. The van der Waals surface area contributed by atoms with Gasteiger partial charge in [-0.25, -0.2) is 0 Å². The van der Waals surface area contributed by atoms with Crippen molar-refractivity contribution >= 4 is 18.4 Å². The summed E-state index contributed by atoms with van der Waals surface area (Å²) in [5, 5.41) is 10.5. The first kappa shape index (κ1) is 18.9. The lowest BCUT2D eigenvalue weighted by atomic mass is 10.2. The number of nitrogens with one attached hydrogen (secondary N) is 1. The van der Waals surface area contributed by atoms with Crippen LogP contribution in [0.15, 0.2) is 34.1 Å². The second-order valence-corrected chi connectivity index (χ2v) is 6.11. The highest BCUT2D eigenvalue weighted by Crippen LogP contribution is 2.22. The van der Waals surface area contributed by atoms with Gasteiger partial charge in [0.25, 0.3) is 5.56 Å². The summed E-state index contributed by atoms with van der Waals surface area (Å²) in [5.74, 6) is 0.363. The number of aromatic amines is 1. The summed E-state index contributed by atoms with van der Waals surface area (Å²) in [5.41, 5.74) is 0.180. The van der Waals surface area contributed by atoms with Crippen LogP contribution in [0.1, 0.15) is 12.0 Å². The summed E-state index contributed by atoms with van der Waals surface area (Å²) < 4.78 is 6.66. The molecule has 0 aliphatic carbocycles. The van der Waals surface area contributed by atoms with Gasteiger partial charge in [-0.05, 0) is 51.4 Å². The fraction of sp³-hybridized carbons (Fsp3) is 0.353. The van der Waals surface area contributed by atoms with Gasteiger partial charge in [0.05, 0.1) is 12.8 Å². The largest absolute Gasteiger partial charge is 0.497 e. The van der Waals surface area contributed by atoms with Gasteiger partial charge in [0.15, 0.2) is 4.77 Å². The predicted molar refractivity (Wildman–Crippen MR) is 101 cm³/mol. The van der Waals surface area contributed by atoms with E-state index < -0.39 is 5.56 Å². The van der Waals surface area contributed by atoms with E-state index >= 15 is 0 Å². The third kappa shape index (κ3) is 4.77. The first-order valence-corrected chi connectivity index (χ1v) is 8.22. The van der Waals surface area contributed by atoms with Crippen molar-refractivity contribution in [3.8, 4) is 17.3 Å². The number of methoxy groups -OCH3 is 1. The summed E-state index contributed by atoms with van der Waals surface area (Å²) in [4.78, 5) is 21.0.